The molecule has 142 valence electrons. The summed E-state index contributed by atoms with van der Waals surface area (Å²) in [6.07, 6.45) is 4.99. The summed E-state index contributed by atoms with van der Waals surface area (Å²) < 4.78 is 13.9. The number of amides is 2. The zero-order valence-corrected chi connectivity index (χ0v) is 15.3. The van der Waals surface area contributed by atoms with E-state index in [1.165, 1.54) is 6.07 Å². The summed E-state index contributed by atoms with van der Waals surface area (Å²) in [5.41, 5.74) is 0.640. The summed E-state index contributed by atoms with van der Waals surface area (Å²) in [5, 5.41) is 2.98. The van der Waals surface area contributed by atoms with Gasteiger partial charge in [0.25, 0.3) is 0 Å². The van der Waals surface area contributed by atoms with Crippen molar-refractivity contribution < 1.29 is 14.0 Å². The number of nitrogens with one attached hydrogen (secondary N) is 1. The Morgan fingerprint density at radius 2 is 2.04 bits per heavy atom. The lowest BCUT2D eigenvalue weighted by Crippen LogP contribution is -2.36. The Balaban J connectivity index is 1.38. The maximum Gasteiger partial charge on any atom is 0.222 e. The van der Waals surface area contributed by atoms with E-state index in [-0.39, 0.29) is 17.6 Å². The number of hydrogen-bond donors (Lipinski definition) is 1. The van der Waals surface area contributed by atoms with Gasteiger partial charge in [-0.3, -0.25) is 9.59 Å². The van der Waals surface area contributed by atoms with Gasteiger partial charge in [0.15, 0.2) is 0 Å². The summed E-state index contributed by atoms with van der Waals surface area (Å²) in [5.74, 6) is 0.302. The van der Waals surface area contributed by atoms with Crippen molar-refractivity contribution in [1.82, 2.24) is 10.2 Å². The van der Waals surface area contributed by atoms with Crippen LogP contribution in [0, 0.1) is 11.7 Å². The fourth-order valence-corrected chi connectivity index (χ4v) is 3.78. The van der Waals surface area contributed by atoms with Crippen LogP contribution in [0.2, 0.25) is 0 Å². The fraction of sp³-hybridized carbons (Fsp3) is 0.600. The summed E-state index contributed by atoms with van der Waals surface area (Å²) in [6, 6.07) is 6.82. The van der Waals surface area contributed by atoms with Crippen LogP contribution < -0.4 is 10.2 Å². The van der Waals surface area contributed by atoms with E-state index in [2.05, 4.69) is 5.32 Å². The topological polar surface area (TPSA) is 52.7 Å². The van der Waals surface area contributed by atoms with Crippen molar-refractivity contribution in [2.75, 3.05) is 37.6 Å². The van der Waals surface area contributed by atoms with Crippen molar-refractivity contribution in [3.05, 3.63) is 30.1 Å². The van der Waals surface area contributed by atoms with E-state index < -0.39 is 0 Å². The highest BCUT2D eigenvalue weighted by Gasteiger charge is 2.25. The number of anilines is 1. The van der Waals surface area contributed by atoms with Crippen LogP contribution in [-0.2, 0) is 9.59 Å². The molecule has 0 unspecified atom stereocenters. The third kappa shape index (κ3) is 4.96. The molecule has 2 amide bonds. The van der Waals surface area contributed by atoms with Gasteiger partial charge < -0.3 is 15.1 Å². The van der Waals surface area contributed by atoms with Gasteiger partial charge in [-0.15, -0.1) is 0 Å². The standard InChI is InChI=1S/C20H28FN3O2/c21-17-6-3-4-7-18(17)24-12-9-16(15-24)14-22-19(25)10-13-23-11-5-1-2-8-20(23)26/h3-4,6-7,16H,1-2,5,8-15H2,(H,22,25)/t16-/m0/s1. The number of carbonyl (C=O) groups excluding carboxylic acids is 2. The van der Waals surface area contributed by atoms with Crippen LogP contribution >= 0.6 is 0 Å². The first kappa shape index (κ1) is 18.7. The molecule has 1 N–H and O–H groups in total. The molecule has 2 aliphatic heterocycles. The van der Waals surface area contributed by atoms with Gasteiger partial charge in [0.1, 0.15) is 5.82 Å². The van der Waals surface area contributed by atoms with E-state index in [0.717, 1.165) is 45.3 Å². The molecule has 6 heteroatoms. The molecule has 3 rings (SSSR count). The zero-order valence-electron chi connectivity index (χ0n) is 15.3. The van der Waals surface area contributed by atoms with Gasteiger partial charge in [-0.1, -0.05) is 18.6 Å². The highest BCUT2D eigenvalue weighted by atomic mass is 19.1. The third-order valence-electron chi connectivity index (χ3n) is 5.35. The van der Waals surface area contributed by atoms with Crippen molar-refractivity contribution in [1.29, 1.82) is 0 Å². The van der Waals surface area contributed by atoms with Gasteiger partial charge in [0.05, 0.1) is 5.69 Å². The Morgan fingerprint density at radius 1 is 1.19 bits per heavy atom. The van der Waals surface area contributed by atoms with E-state index in [4.69, 9.17) is 0 Å². The molecule has 0 aliphatic carbocycles. The normalized spacial score (nSPS) is 21.0. The van der Waals surface area contributed by atoms with Crippen molar-refractivity contribution in [3.63, 3.8) is 0 Å². The third-order valence-corrected chi connectivity index (χ3v) is 5.35. The van der Waals surface area contributed by atoms with Crippen molar-refractivity contribution >= 4 is 17.5 Å². The Kier molecular flexibility index (Phi) is 6.47. The number of hydrogen-bond acceptors (Lipinski definition) is 3. The monoisotopic (exact) mass is 361 g/mol. The van der Waals surface area contributed by atoms with E-state index in [1.807, 2.05) is 15.9 Å². The Hall–Kier alpha value is -2.11. The Bertz CT molecular complexity index is 637. The second kappa shape index (κ2) is 9.01. The summed E-state index contributed by atoms with van der Waals surface area (Å²) in [4.78, 5) is 27.9. The lowest BCUT2D eigenvalue weighted by Gasteiger charge is -2.21. The second-order valence-electron chi connectivity index (χ2n) is 7.30. The minimum atomic E-state index is -0.195. The molecule has 0 radical (unpaired) electrons. The lowest BCUT2D eigenvalue weighted by atomic mass is 10.1. The van der Waals surface area contributed by atoms with Crippen molar-refractivity contribution in [2.45, 2.75) is 38.5 Å². The Labute approximate surface area is 154 Å². The predicted molar refractivity (Wildman–Crippen MR) is 99.4 cm³/mol. The van der Waals surface area contributed by atoms with Crippen LogP contribution in [-0.4, -0.2) is 49.4 Å². The van der Waals surface area contributed by atoms with Crippen molar-refractivity contribution in [3.8, 4) is 0 Å². The molecule has 1 aromatic rings. The molecular weight excluding hydrogens is 333 g/mol. The number of likely N-dealkylation sites (tertiary alicyclic amines) is 1. The van der Waals surface area contributed by atoms with Crippen LogP contribution in [0.15, 0.2) is 24.3 Å². The highest BCUT2D eigenvalue weighted by molar-refractivity contribution is 5.79. The number of benzene rings is 1. The van der Waals surface area contributed by atoms with E-state index in [1.54, 1.807) is 12.1 Å². The van der Waals surface area contributed by atoms with E-state index in [0.29, 0.717) is 37.5 Å². The van der Waals surface area contributed by atoms with Gasteiger partial charge in [0.2, 0.25) is 11.8 Å². The molecule has 0 spiro atoms. The maximum absolute atomic E-state index is 13.9. The number of nitrogens with zero attached hydrogens (tertiary/aromatic N) is 2. The molecule has 2 fully saturated rings. The molecule has 1 aromatic carbocycles. The molecule has 2 saturated heterocycles. The molecule has 0 aromatic heterocycles. The Morgan fingerprint density at radius 3 is 2.88 bits per heavy atom. The molecule has 0 saturated carbocycles. The molecule has 1 atom stereocenters. The number of rotatable bonds is 6. The largest absolute Gasteiger partial charge is 0.369 e. The van der Waals surface area contributed by atoms with E-state index in [9.17, 15) is 14.0 Å². The molecule has 2 heterocycles. The van der Waals surface area contributed by atoms with Gasteiger partial charge in [-0.25, -0.2) is 4.39 Å². The SMILES string of the molecule is O=C(CCN1CCCCCC1=O)NC[C@@H]1CCN(c2ccccc2F)C1. The zero-order chi connectivity index (χ0) is 18.4. The highest BCUT2D eigenvalue weighted by Crippen LogP contribution is 2.25. The molecule has 5 nitrogen and oxygen atoms in total. The first-order chi connectivity index (χ1) is 12.6. The minimum Gasteiger partial charge on any atom is -0.369 e. The molecule has 26 heavy (non-hydrogen) atoms. The van der Waals surface area contributed by atoms with Crippen LogP contribution in [0.5, 0.6) is 0 Å². The molecule has 2 aliphatic rings. The maximum atomic E-state index is 13.9. The molecular formula is C20H28FN3O2. The van der Waals surface area contributed by atoms with Crippen LogP contribution in [0.25, 0.3) is 0 Å². The van der Waals surface area contributed by atoms with Gasteiger partial charge in [0, 0.05) is 45.6 Å². The number of halogens is 1. The van der Waals surface area contributed by atoms with Gasteiger partial charge in [-0.2, -0.15) is 0 Å². The van der Waals surface area contributed by atoms with Gasteiger partial charge in [-0.05, 0) is 37.3 Å². The van der Waals surface area contributed by atoms with E-state index >= 15 is 0 Å². The average molecular weight is 361 g/mol. The summed E-state index contributed by atoms with van der Waals surface area (Å²) in [6.45, 7) is 3.45. The quantitative estimate of drug-likeness (QED) is 0.847. The first-order valence-corrected chi connectivity index (χ1v) is 9.67. The smallest absolute Gasteiger partial charge is 0.222 e. The molecule has 0 bridgehead atoms. The second-order valence-corrected chi connectivity index (χ2v) is 7.30. The fourth-order valence-electron chi connectivity index (χ4n) is 3.78. The van der Waals surface area contributed by atoms with Crippen LogP contribution in [0.4, 0.5) is 10.1 Å². The van der Waals surface area contributed by atoms with Crippen molar-refractivity contribution in [2.24, 2.45) is 5.92 Å². The number of carbonyl (C=O) groups is 2. The van der Waals surface area contributed by atoms with Gasteiger partial charge >= 0.3 is 0 Å². The minimum absolute atomic E-state index is 0.00797. The van der Waals surface area contributed by atoms with Crippen LogP contribution in [0.3, 0.4) is 0 Å². The lowest BCUT2D eigenvalue weighted by molar-refractivity contribution is -0.131. The predicted octanol–water partition coefficient (Wildman–Crippen LogP) is 2.56. The average Bonchev–Trinajstić information content (AvgIpc) is 3.01. The summed E-state index contributed by atoms with van der Waals surface area (Å²) in [7, 11) is 0. The summed E-state index contributed by atoms with van der Waals surface area (Å²) >= 11 is 0. The number of para-hydroxylation sites is 1. The first-order valence-electron chi connectivity index (χ1n) is 9.67. The van der Waals surface area contributed by atoms with Crippen LogP contribution in [0.1, 0.15) is 38.5 Å².